The molecule has 0 aliphatic rings. The molecule has 1 aromatic heterocycles. The number of halogens is 2. The third-order valence-electron chi connectivity index (χ3n) is 3.57. The number of nitrogens with one attached hydrogen (secondary N) is 1. The van der Waals surface area contributed by atoms with Crippen molar-refractivity contribution in [3.05, 3.63) is 50.2 Å². The summed E-state index contributed by atoms with van der Waals surface area (Å²) in [7, 11) is 0. The van der Waals surface area contributed by atoms with Gasteiger partial charge in [0, 0.05) is 28.0 Å². The molecule has 0 atom stereocenters. The molecule has 0 saturated heterocycles. The van der Waals surface area contributed by atoms with E-state index in [1.165, 1.54) is 5.69 Å². The maximum absolute atomic E-state index is 11.8. The first-order chi connectivity index (χ1) is 11.4. The molecular weight excluding hydrogens is 438 g/mol. The van der Waals surface area contributed by atoms with Crippen LogP contribution in [0.1, 0.15) is 23.9 Å². The molecule has 2 rings (SSSR count). The van der Waals surface area contributed by atoms with Crippen molar-refractivity contribution >= 4 is 44.0 Å². The van der Waals surface area contributed by atoms with E-state index in [0.29, 0.717) is 5.75 Å². The summed E-state index contributed by atoms with van der Waals surface area (Å²) in [5.74, 6) is 0.286. The summed E-state index contributed by atoms with van der Waals surface area (Å²) in [6.45, 7) is 6.99. The number of aryl methyl sites for hydroxylation is 1. The average molecular weight is 457 g/mol. The minimum absolute atomic E-state index is 0.106. The van der Waals surface area contributed by atoms with E-state index < -0.39 is 0 Å². The summed E-state index contributed by atoms with van der Waals surface area (Å²) in [5.41, 5.74) is 5.77. The third kappa shape index (κ3) is 4.70. The van der Waals surface area contributed by atoms with Crippen LogP contribution in [-0.2, 0) is 11.3 Å². The molecule has 1 N–H and O–H groups in total. The van der Waals surface area contributed by atoms with Crippen LogP contribution in [-0.4, -0.2) is 23.3 Å². The summed E-state index contributed by atoms with van der Waals surface area (Å²) >= 11 is 6.75. The monoisotopic (exact) mass is 455 g/mol. The molecule has 0 spiro atoms. The Hall–Kier alpha value is -1.60. The van der Waals surface area contributed by atoms with Crippen molar-refractivity contribution in [2.24, 2.45) is 5.10 Å². The van der Waals surface area contributed by atoms with Gasteiger partial charge in [0.1, 0.15) is 5.75 Å². The van der Waals surface area contributed by atoms with Gasteiger partial charge in [0.2, 0.25) is 0 Å². The number of rotatable bonds is 6. The smallest absolute Gasteiger partial charge is 0.277 e. The van der Waals surface area contributed by atoms with E-state index in [9.17, 15) is 4.79 Å². The average Bonchev–Trinajstić information content (AvgIpc) is 2.80. The predicted octanol–water partition coefficient (Wildman–Crippen LogP) is 4.18. The first-order valence-corrected chi connectivity index (χ1v) is 9.07. The van der Waals surface area contributed by atoms with Crippen LogP contribution >= 0.6 is 31.9 Å². The molecule has 0 aliphatic heterocycles. The standard InChI is InChI=1S/C17H19Br2N3O2/c1-4-22-11(2)7-13(12(22)3)9-20-21-17(23)10-24-16-6-5-14(18)8-15(16)19/h5-9H,4,10H2,1-3H3,(H,21,23)/b20-9+. The van der Waals surface area contributed by atoms with Crippen molar-refractivity contribution in [3.63, 3.8) is 0 Å². The van der Waals surface area contributed by atoms with Gasteiger partial charge in [-0.1, -0.05) is 15.9 Å². The molecule has 0 aliphatic carbocycles. The molecule has 0 saturated carbocycles. The highest BCUT2D eigenvalue weighted by Crippen LogP contribution is 2.28. The molecule has 7 heteroatoms. The Morgan fingerprint density at radius 1 is 1.33 bits per heavy atom. The summed E-state index contributed by atoms with van der Waals surface area (Å²) in [6.07, 6.45) is 1.65. The Labute approximate surface area is 158 Å². The Morgan fingerprint density at radius 2 is 2.08 bits per heavy atom. The van der Waals surface area contributed by atoms with E-state index in [1.807, 2.05) is 25.1 Å². The van der Waals surface area contributed by atoms with E-state index >= 15 is 0 Å². The number of hydrazone groups is 1. The van der Waals surface area contributed by atoms with Gasteiger partial charge in [-0.25, -0.2) is 5.43 Å². The van der Waals surface area contributed by atoms with Gasteiger partial charge in [-0.2, -0.15) is 5.10 Å². The maximum atomic E-state index is 11.8. The molecule has 0 radical (unpaired) electrons. The number of benzene rings is 1. The lowest BCUT2D eigenvalue weighted by Crippen LogP contribution is -2.24. The second-order valence-corrected chi connectivity index (χ2v) is 7.00. The fourth-order valence-corrected chi connectivity index (χ4v) is 3.55. The fraction of sp³-hybridized carbons (Fsp3) is 0.294. The Kier molecular flexibility index (Phi) is 6.62. The molecule has 0 unspecified atom stereocenters. The number of amides is 1. The fourth-order valence-electron chi connectivity index (χ4n) is 2.39. The molecule has 0 fully saturated rings. The van der Waals surface area contributed by atoms with Crippen LogP contribution in [0.3, 0.4) is 0 Å². The lowest BCUT2D eigenvalue weighted by atomic mass is 10.3. The van der Waals surface area contributed by atoms with Gasteiger partial charge >= 0.3 is 0 Å². The van der Waals surface area contributed by atoms with E-state index in [4.69, 9.17) is 4.74 Å². The number of nitrogens with zero attached hydrogens (tertiary/aromatic N) is 2. The summed E-state index contributed by atoms with van der Waals surface area (Å²) in [4.78, 5) is 11.8. The van der Waals surface area contributed by atoms with Gasteiger partial charge in [0.05, 0.1) is 10.7 Å². The van der Waals surface area contributed by atoms with E-state index in [-0.39, 0.29) is 12.5 Å². The van der Waals surface area contributed by atoms with Crippen molar-refractivity contribution in [3.8, 4) is 5.75 Å². The minimum Gasteiger partial charge on any atom is -0.483 e. The normalized spacial score (nSPS) is 11.0. The van der Waals surface area contributed by atoms with E-state index in [2.05, 4.69) is 60.8 Å². The second-order valence-electron chi connectivity index (χ2n) is 5.23. The van der Waals surface area contributed by atoms with Crippen molar-refractivity contribution < 1.29 is 9.53 Å². The highest BCUT2D eigenvalue weighted by molar-refractivity contribution is 9.11. The molecular formula is C17H19Br2N3O2. The maximum Gasteiger partial charge on any atom is 0.277 e. The van der Waals surface area contributed by atoms with Gasteiger partial charge in [-0.15, -0.1) is 0 Å². The Bertz CT molecular complexity index is 769. The van der Waals surface area contributed by atoms with Gasteiger partial charge in [0.25, 0.3) is 5.91 Å². The van der Waals surface area contributed by atoms with Gasteiger partial charge < -0.3 is 9.30 Å². The van der Waals surface area contributed by atoms with Crippen molar-refractivity contribution in [2.45, 2.75) is 27.3 Å². The van der Waals surface area contributed by atoms with E-state index in [0.717, 1.165) is 26.7 Å². The van der Waals surface area contributed by atoms with Gasteiger partial charge in [-0.3, -0.25) is 4.79 Å². The zero-order chi connectivity index (χ0) is 17.7. The number of aromatic nitrogens is 1. The third-order valence-corrected chi connectivity index (χ3v) is 4.69. The molecule has 1 amide bonds. The first kappa shape index (κ1) is 18.7. The molecule has 24 heavy (non-hydrogen) atoms. The Balaban J connectivity index is 1.89. The zero-order valence-electron chi connectivity index (χ0n) is 13.8. The van der Waals surface area contributed by atoms with E-state index in [1.54, 1.807) is 12.3 Å². The van der Waals surface area contributed by atoms with Gasteiger partial charge in [-0.05, 0) is 61.0 Å². The van der Waals surface area contributed by atoms with Crippen molar-refractivity contribution in [1.82, 2.24) is 9.99 Å². The largest absolute Gasteiger partial charge is 0.483 e. The van der Waals surface area contributed by atoms with Crippen LogP contribution < -0.4 is 10.2 Å². The summed E-state index contributed by atoms with van der Waals surface area (Å²) in [5, 5.41) is 4.00. The number of hydrogen-bond donors (Lipinski definition) is 1. The molecule has 2 aromatic rings. The number of hydrogen-bond acceptors (Lipinski definition) is 3. The van der Waals surface area contributed by atoms with Crippen LogP contribution in [0.4, 0.5) is 0 Å². The first-order valence-electron chi connectivity index (χ1n) is 7.48. The Morgan fingerprint density at radius 3 is 2.71 bits per heavy atom. The number of carbonyl (C=O) groups excluding carboxylic acids is 1. The lowest BCUT2D eigenvalue weighted by molar-refractivity contribution is -0.123. The highest BCUT2D eigenvalue weighted by Gasteiger charge is 2.07. The summed E-state index contributed by atoms with van der Waals surface area (Å²) < 4.78 is 9.36. The topological polar surface area (TPSA) is 55.6 Å². The van der Waals surface area contributed by atoms with Crippen LogP contribution in [0.15, 0.2) is 38.3 Å². The quantitative estimate of drug-likeness (QED) is 0.523. The molecule has 1 aromatic carbocycles. The zero-order valence-corrected chi connectivity index (χ0v) is 16.9. The molecule has 5 nitrogen and oxygen atoms in total. The van der Waals surface area contributed by atoms with Crippen LogP contribution in [0.5, 0.6) is 5.75 Å². The summed E-state index contributed by atoms with van der Waals surface area (Å²) in [6, 6.07) is 7.53. The minimum atomic E-state index is -0.314. The predicted molar refractivity (Wildman–Crippen MR) is 103 cm³/mol. The van der Waals surface area contributed by atoms with Crippen molar-refractivity contribution in [1.29, 1.82) is 0 Å². The number of carbonyl (C=O) groups is 1. The molecule has 0 bridgehead atoms. The van der Waals surface area contributed by atoms with Crippen LogP contribution in [0.2, 0.25) is 0 Å². The molecule has 128 valence electrons. The number of ether oxygens (including phenoxy) is 1. The highest BCUT2D eigenvalue weighted by atomic mass is 79.9. The van der Waals surface area contributed by atoms with Crippen LogP contribution in [0.25, 0.3) is 0 Å². The lowest BCUT2D eigenvalue weighted by Gasteiger charge is -2.07. The molecule has 1 heterocycles. The SMILES string of the molecule is CCn1c(C)cc(/C=N/NC(=O)COc2ccc(Br)cc2Br)c1C. The van der Waals surface area contributed by atoms with Gasteiger partial charge in [0.15, 0.2) is 6.61 Å². The second kappa shape index (κ2) is 8.48. The van der Waals surface area contributed by atoms with Crippen molar-refractivity contribution in [2.75, 3.05) is 6.61 Å². The van der Waals surface area contributed by atoms with Crippen LogP contribution in [0, 0.1) is 13.8 Å².